The molecule has 7 heteroatoms. The molecule has 0 spiro atoms. The van der Waals surface area contributed by atoms with E-state index in [1.165, 1.54) is 0 Å². The predicted octanol–water partition coefficient (Wildman–Crippen LogP) is 2.28. The molecule has 25 heavy (non-hydrogen) atoms. The summed E-state index contributed by atoms with van der Waals surface area (Å²) in [4.78, 5) is 23.3. The summed E-state index contributed by atoms with van der Waals surface area (Å²) in [6.07, 6.45) is 2.21. The number of carbonyl (C=O) groups excluding carboxylic acids is 1. The van der Waals surface area contributed by atoms with Gasteiger partial charge in [0.15, 0.2) is 11.5 Å². The first-order valence-electron chi connectivity index (χ1n) is 8.24. The molecule has 1 aliphatic rings. The standard InChI is InChI=1S/C18H20N6O/c1-10-7-11(2)24-18(20-10)16-13(8-15(25)21-17(16)22-24)12-5-6-14(19-9-12)23(3)4/h5-7,9,13H,8H2,1-4H3,(H,21,22,25). The van der Waals surface area contributed by atoms with Crippen LogP contribution in [-0.4, -0.2) is 39.6 Å². The number of carbonyl (C=O) groups is 1. The molecule has 7 nitrogen and oxygen atoms in total. The highest BCUT2D eigenvalue weighted by Gasteiger charge is 2.32. The van der Waals surface area contributed by atoms with Crippen molar-refractivity contribution >= 4 is 23.2 Å². The van der Waals surface area contributed by atoms with E-state index in [0.717, 1.165) is 34.0 Å². The summed E-state index contributed by atoms with van der Waals surface area (Å²) in [6, 6.07) is 5.98. The summed E-state index contributed by atoms with van der Waals surface area (Å²) in [6.45, 7) is 3.96. The molecule has 3 aromatic heterocycles. The number of aromatic nitrogens is 4. The van der Waals surface area contributed by atoms with Crippen molar-refractivity contribution < 1.29 is 4.79 Å². The van der Waals surface area contributed by atoms with Crippen molar-refractivity contribution in [1.82, 2.24) is 19.6 Å². The lowest BCUT2D eigenvalue weighted by Crippen LogP contribution is -2.23. The molecule has 1 aliphatic heterocycles. The third-order valence-corrected chi connectivity index (χ3v) is 4.56. The van der Waals surface area contributed by atoms with Crippen molar-refractivity contribution in [3.05, 3.63) is 46.9 Å². The zero-order chi connectivity index (χ0) is 17.7. The summed E-state index contributed by atoms with van der Waals surface area (Å²) >= 11 is 0. The van der Waals surface area contributed by atoms with Gasteiger partial charge >= 0.3 is 0 Å². The topological polar surface area (TPSA) is 75.4 Å². The number of anilines is 2. The SMILES string of the molecule is Cc1cc(C)n2nc3c(c2n1)C(c1ccc(N(C)C)nc1)CC(=O)N3. The molecular formula is C18H20N6O. The van der Waals surface area contributed by atoms with Gasteiger partial charge in [-0.15, -0.1) is 5.10 Å². The van der Waals surface area contributed by atoms with E-state index < -0.39 is 0 Å². The zero-order valence-corrected chi connectivity index (χ0v) is 14.7. The van der Waals surface area contributed by atoms with E-state index in [0.29, 0.717) is 12.2 Å². The van der Waals surface area contributed by atoms with Crippen molar-refractivity contribution in [2.75, 3.05) is 24.3 Å². The van der Waals surface area contributed by atoms with E-state index >= 15 is 0 Å². The molecule has 1 amide bonds. The number of nitrogens with one attached hydrogen (secondary N) is 1. The molecular weight excluding hydrogens is 316 g/mol. The van der Waals surface area contributed by atoms with Gasteiger partial charge in [0, 0.05) is 49.6 Å². The summed E-state index contributed by atoms with van der Waals surface area (Å²) in [5.41, 5.74) is 4.69. The maximum absolute atomic E-state index is 12.2. The van der Waals surface area contributed by atoms with Gasteiger partial charge in [-0.25, -0.2) is 14.5 Å². The summed E-state index contributed by atoms with van der Waals surface area (Å²) in [5.74, 6) is 1.35. The third-order valence-electron chi connectivity index (χ3n) is 4.56. The van der Waals surface area contributed by atoms with E-state index in [-0.39, 0.29) is 11.8 Å². The minimum atomic E-state index is -0.0985. The highest BCUT2D eigenvalue weighted by atomic mass is 16.1. The van der Waals surface area contributed by atoms with Crippen LogP contribution < -0.4 is 10.2 Å². The van der Waals surface area contributed by atoms with E-state index in [1.807, 2.05) is 57.2 Å². The van der Waals surface area contributed by atoms with Crippen molar-refractivity contribution in [2.45, 2.75) is 26.2 Å². The first-order valence-corrected chi connectivity index (χ1v) is 8.24. The lowest BCUT2D eigenvalue weighted by molar-refractivity contribution is -0.116. The van der Waals surface area contributed by atoms with Gasteiger partial charge in [-0.05, 0) is 31.5 Å². The predicted molar refractivity (Wildman–Crippen MR) is 96.1 cm³/mol. The first-order chi connectivity index (χ1) is 11.9. The summed E-state index contributed by atoms with van der Waals surface area (Å²) in [7, 11) is 3.91. The Morgan fingerprint density at radius 3 is 2.76 bits per heavy atom. The first kappa shape index (κ1) is 15.6. The average Bonchev–Trinajstić information content (AvgIpc) is 2.92. The summed E-state index contributed by atoms with van der Waals surface area (Å²) in [5, 5.41) is 7.45. The van der Waals surface area contributed by atoms with E-state index in [4.69, 9.17) is 0 Å². The Hall–Kier alpha value is -2.96. The van der Waals surface area contributed by atoms with Crippen molar-refractivity contribution in [2.24, 2.45) is 0 Å². The fraction of sp³-hybridized carbons (Fsp3) is 0.333. The van der Waals surface area contributed by atoms with Gasteiger partial charge in [-0.2, -0.15) is 0 Å². The molecule has 4 rings (SSSR count). The van der Waals surface area contributed by atoms with Crippen LogP contribution in [0, 0.1) is 13.8 Å². The second-order valence-electron chi connectivity index (χ2n) is 6.69. The van der Waals surface area contributed by atoms with Gasteiger partial charge in [-0.3, -0.25) is 4.79 Å². The second-order valence-corrected chi connectivity index (χ2v) is 6.69. The number of rotatable bonds is 2. The number of hydrogen-bond donors (Lipinski definition) is 1. The molecule has 0 saturated carbocycles. The molecule has 1 unspecified atom stereocenters. The number of amides is 1. The fourth-order valence-electron chi connectivity index (χ4n) is 3.37. The summed E-state index contributed by atoms with van der Waals surface area (Å²) < 4.78 is 1.80. The van der Waals surface area contributed by atoms with Crippen LogP contribution in [-0.2, 0) is 4.79 Å². The molecule has 0 aliphatic carbocycles. The minimum Gasteiger partial charge on any atom is -0.363 e. The van der Waals surface area contributed by atoms with E-state index in [9.17, 15) is 4.79 Å². The Bertz CT molecular complexity index is 973. The van der Waals surface area contributed by atoms with Crippen LogP contribution in [0.3, 0.4) is 0 Å². The molecule has 0 bridgehead atoms. The van der Waals surface area contributed by atoms with Crippen LogP contribution in [0.4, 0.5) is 11.6 Å². The van der Waals surface area contributed by atoms with E-state index in [1.54, 1.807) is 4.52 Å². The van der Waals surface area contributed by atoms with Crippen LogP contribution in [0.15, 0.2) is 24.4 Å². The smallest absolute Gasteiger partial charge is 0.226 e. The fourth-order valence-corrected chi connectivity index (χ4v) is 3.37. The zero-order valence-electron chi connectivity index (χ0n) is 14.7. The average molecular weight is 336 g/mol. The lowest BCUT2D eigenvalue weighted by atomic mass is 9.88. The van der Waals surface area contributed by atoms with Crippen LogP contribution >= 0.6 is 0 Å². The maximum Gasteiger partial charge on any atom is 0.226 e. The molecule has 128 valence electrons. The van der Waals surface area contributed by atoms with Gasteiger partial charge in [0.2, 0.25) is 5.91 Å². The molecule has 4 heterocycles. The Morgan fingerprint density at radius 1 is 1.28 bits per heavy atom. The van der Waals surface area contributed by atoms with Gasteiger partial charge in [0.05, 0.1) is 0 Å². The maximum atomic E-state index is 12.2. The third kappa shape index (κ3) is 2.52. The van der Waals surface area contributed by atoms with Gasteiger partial charge in [0.25, 0.3) is 0 Å². The Kier molecular flexibility index (Phi) is 3.45. The van der Waals surface area contributed by atoms with Crippen LogP contribution in [0.5, 0.6) is 0 Å². The molecule has 0 aromatic carbocycles. The van der Waals surface area contributed by atoms with E-state index in [2.05, 4.69) is 20.4 Å². The monoisotopic (exact) mass is 336 g/mol. The van der Waals surface area contributed by atoms with Gasteiger partial charge in [-0.1, -0.05) is 6.07 Å². The largest absolute Gasteiger partial charge is 0.363 e. The Morgan fingerprint density at radius 2 is 2.08 bits per heavy atom. The highest BCUT2D eigenvalue weighted by molar-refractivity contribution is 5.96. The lowest BCUT2D eigenvalue weighted by Gasteiger charge is -2.22. The van der Waals surface area contributed by atoms with Crippen molar-refractivity contribution in [3.8, 4) is 0 Å². The molecule has 0 fully saturated rings. The molecule has 0 radical (unpaired) electrons. The number of fused-ring (bicyclic) bond motifs is 3. The molecule has 1 atom stereocenters. The van der Waals surface area contributed by atoms with Crippen LogP contribution in [0.2, 0.25) is 0 Å². The second kappa shape index (κ2) is 5.54. The van der Waals surface area contributed by atoms with Crippen LogP contribution in [0.1, 0.15) is 34.9 Å². The number of aryl methyl sites for hydroxylation is 2. The quantitative estimate of drug-likeness (QED) is 0.777. The number of nitrogens with zero attached hydrogens (tertiary/aromatic N) is 5. The van der Waals surface area contributed by atoms with Crippen molar-refractivity contribution in [1.29, 1.82) is 0 Å². The normalized spacial score (nSPS) is 16.6. The highest BCUT2D eigenvalue weighted by Crippen LogP contribution is 2.39. The van der Waals surface area contributed by atoms with Gasteiger partial charge in [0.1, 0.15) is 5.82 Å². The number of hydrogen-bond acceptors (Lipinski definition) is 5. The number of pyridine rings is 1. The molecule has 3 aromatic rings. The minimum absolute atomic E-state index is 0.0352. The Labute approximate surface area is 145 Å². The van der Waals surface area contributed by atoms with Gasteiger partial charge < -0.3 is 10.2 Å². The molecule has 1 N–H and O–H groups in total. The van der Waals surface area contributed by atoms with Crippen molar-refractivity contribution in [3.63, 3.8) is 0 Å². The Balaban J connectivity index is 1.90. The molecule has 0 saturated heterocycles. The van der Waals surface area contributed by atoms with Crippen LogP contribution in [0.25, 0.3) is 5.65 Å².